The number of alkyl halides is 3. The molecule has 1 amide bonds. The molecule has 2 saturated carbocycles. The van der Waals surface area contributed by atoms with Crippen LogP contribution >= 0.6 is 12.4 Å². The van der Waals surface area contributed by atoms with Crippen LogP contribution in [0.2, 0.25) is 0 Å². The van der Waals surface area contributed by atoms with Crippen LogP contribution in [0.5, 0.6) is 0 Å². The lowest BCUT2D eigenvalue weighted by Gasteiger charge is -2.19. The number of nitrogens with one attached hydrogen (secondary N) is 1. The predicted octanol–water partition coefficient (Wildman–Crippen LogP) is 3.01. The highest BCUT2D eigenvalue weighted by atomic mass is 35.5. The summed E-state index contributed by atoms with van der Waals surface area (Å²) in [5.74, 6) is 0.270. The average molecular weight is 349 g/mol. The van der Waals surface area contributed by atoms with Gasteiger partial charge >= 0.3 is 6.18 Å². The van der Waals surface area contributed by atoms with Gasteiger partial charge in [0.1, 0.15) is 0 Å². The van der Waals surface area contributed by atoms with Gasteiger partial charge in [-0.1, -0.05) is 18.2 Å². The standard InChI is InChI=1S/C16H19F3N2O.ClH/c17-16(18,19)12-3-1-2-11(8-12)15(6-7-15)14(22)21-9-13(20)10-4-5-10;/h1-3,8,10,13H,4-7,9,20H2,(H,21,22);1H. The van der Waals surface area contributed by atoms with Crippen LogP contribution in [-0.2, 0) is 16.4 Å². The van der Waals surface area contributed by atoms with E-state index in [0.717, 1.165) is 25.0 Å². The minimum atomic E-state index is -4.39. The quantitative estimate of drug-likeness (QED) is 0.859. The summed E-state index contributed by atoms with van der Waals surface area (Å²) in [5, 5.41) is 2.82. The van der Waals surface area contributed by atoms with Gasteiger partial charge < -0.3 is 11.1 Å². The first-order valence-electron chi connectivity index (χ1n) is 7.54. The highest BCUT2D eigenvalue weighted by Crippen LogP contribution is 2.49. The lowest BCUT2D eigenvalue weighted by atomic mass is 9.93. The molecule has 3 rings (SSSR count). The highest BCUT2D eigenvalue weighted by molar-refractivity contribution is 5.91. The Morgan fingerprint density at radius 1 is 1.35 bits per heavy atom. The van der Waals surface area contributed by atoms with Gasteiger partial charge in [0.15, 0.2) is 0 Å². The van der Waals surface area contributed by atoms with E-state index in [2.05, 4.69) is 5.32 Å². The Bertz CT molecular complexity index is 583. The summed E-state index contributed by atoms with van der Waals surface area (Å²) in [6.45, 7) is 0.393. The smallest absolute Gasteiger partial charge is 0.354 e. The van der Waals surface area contributed by atoms with Gasteiger partial charge in [-0.05, 0) is 43.2 Å². The summed E-state index contributed by atoms with van der Waals surface area (Å²) in [6, 6.07) is 5.03. The number of hydrogen-bond acceptors (Lipinski definition) is 2. The van der Waals surface area contributed by atoms with E-state index in [0.29, 0.717) is 30.9 Å². The molecule has 2 aliphatic carbocycles. The summed E-state index contributed by atoms with van der Waals surface area (Å²) in [5.41, 5.74) is 4.88. The van der Waals surface area contributed by atoms with Crippen molar-refractivity contribution >= 4 is 18.3 Å². The van der Waals surface area contributed by atoms with Crippen molar-refractivity contribution in [3.8, 4) is 0 Å². The van der Waals surface area contributed by atoms with Gasteiger partial charge in [-0.25, -0.2) is 0 Å². The Balaban J connectivity index is 0.00000192. The van der Waals surface area contributed by atoms with Crippen molar-refractivity contribution in [3.05, 3.63) is 35.4 Å². The van der Waals surface area contributed by atoms with E-state index in [1.54, 1.807) is 6.07 Å². The van der Waals surface area contributed by atoms with Crippen molar-refractivity contribution in [3.63, 3.8) is 0 Å². The van der Waals surface area contributed by atoms with E-state index in [-0.39, 0.29) is 24.4 Å². The second-order valence-electron chi connectivity index (χ2n) is 6.37. The highest BCUT2D eigenvalue weighted by Gasteiger charge is 2.51. The first-order valence-corrected chi connectivity index (χ1v) is 7.54. The molecular formula is C16H20ClF3N2O. The fraction of sp³-hybridized carbons (Fsp3) is 0.562. The molecule has 0 aromatic heterocycles. The largest absolute Gasteiger partial charge is 0.416 e. The second kappa shape index (κ2) is 6.32. The normalized spacial score (nSPS) is 20.3. The SMILES string of the molecule is Cl.NC(CNC(=O)C1(c2cccc(C(F)(F)F)c2)CC1)C1CC1. The molecule has 3 nitrogen and oxygen atoms in total. The maximum Gasteiger partial charge on any atom is 0.416 e. The topological polar surface area (TPSA) is 55.1 Å². The van der Waals surface area contributed by atoms with Gasteiger partial charge in [-0.15, -0.1) is 12.4 Å². The molecule has 2 fully saturated rings. The molecule has 2 aliphatic rings. The van der Waals surface area contributed by atoms with E-state index in [4.69, 9.17) is 5.73 Å². The maximum absolute atomic E-state index is 12.8. The molecule has 0 spiro atoms. The number of rotatable bonds is 5. The van der Waals surface area contributed by atoms with E-state index < -0.39 is 17.2 Å². The van der Waals surface area contributed by atoms with E-state index >= 15 is 0 Å². The molecule has 1 unspecified atom stereocenters. The first-order chi connectivity index (χ1) is 10.3. The van der Waals surface area contributed by atoms with Crippen LogP contribution in [0.1, 0.15) is 36.8 Å². The van der Waals surface area contributed by atoms with E-state index in [9.17, 15) is 18.0 Å². The Morgan fingerprint density at radius 2 is 2.00 bits per heavy atom. The third-order valence-electron chi connectivity index (χ3n) is 4.65. The zero-order chi connectivity index (χ0) is 16.0. The summed E-state index contributed by atoms with van der Waals surface area (Å²) in [7, 11) is 0. The van der Waals surface area contributed by atoms with Crippen molar-refractivity contribution in [2.45, 2.75) is 43.3 Å². The predicted molar refractivity (Wildman–Crippen MR) is 83.3 cm³/mol. The average Bonchev–Trinajstić information content (AvgIpc) is 3.37. The fourth-order valence-electron chi connectivity index (χ4n) is 2.84. The number of benzene rings is 1. The summed E-state index contributed by atoms with van der Waals surface area (Å²) >= 11 is 0. The third-order valence-corrected chi connectivity index (χ3v) is 4.65. The Hall–Kier alpha value is -1.27. The lowest BCUT2D eigenvalue weighted by molar-refractivity contribution is -0.137. The number of nitrogens with two attached hydrogens (primary N) is 1. The molecule has 0 aliphatic heterocycles. The summed E-state index contributed by atoms with van der Waals surface area (Å²) in [4.78, 5) is 12.4. The molecule has 0 radical (unpaired) electrons. The Kier molecular flexibility index (Phi) is 4.97. The van der Waals surface area contributed by atoms with Crippen LogP contribution in [0, 0.1) is 5.92 Å². The summed E-state index contributed by atoms with van der Waals surface area (Å²) in [6.07, 6.45) is -1.04. The van der Waals surface area contributed by atoms with E-state index in [1.807, 2.05) is 0 Å². The van der Waals surface area contributed by atoms with Gasteiger partial charge in [0.25, 0.3) is 0 Å². The molecule has 1 aromatic carbocycles. The Morgan fingerprint density at radius 3 is 2.52 bits per heavy atom. The van der Waals surface area contributed by atoms with Crippen LogP contribution in [-0.4, -0.2) is 18.5 Å². The zero-order valence-electron chi connectivity index (χ0n) is 12.5. The van der Waals surface area contributed by atoms with E-state index in [1.165, 1.54) is 6.07 Å². The van der Waals surface area contributed by atoms with Gasteiger partial charge in [0.05, 0.1) is 11.0 Å². The third kappa shape index (κ3) is 3.80. The van der Waals surface area contributed by atoms with Gasteiger partial charge in [0, 0.05) is 12.6 Å². The number of carbonyl (C=O) groups excluding carboxylic acids is 1. The Labute approximate surface area is 139 Å². The molecule has 0 bridgehead atoms. The number of halogens is 4. The van der Waals surface area contributed by atoms with Gasteiger partial charge in [-0.3, -0.25) is 4.79 Å². The number of amides is 1. The number of hydrogen-bond donors (Lipinski definition) is 2. The molecule has 0 saturated heterocycles. The zero-order valence-corrected chi connectivity index (χ0v) is 13.3. The monoisotopic (exact) mass is 348 g/mol. The number of carbonyl (C=O) groups is 1. The molecule has 128 valence electrons. The molecule has 3 N–H and O–H groups in total. The maximum atomic E-state index is 12.8. The minimum absolute atomic E-state index is 0. The van der Waals surface area contributed by atoms with Crippen LogP contribution in [0.25, 0.3) is 0 Å². The molecule has 23 heavy (non-hydrogen) atoms. The van der Waals surface area contributed by atoms with Crippen molar-refractivity contribution in [2.24, 2.45) is 11.7 Å². The molecular weight excluding hydrogens is 329 g/mol. The lowest BCUT2D eigenvalue weighted by Crippen LogP contribution is -2.43. The second-order valence-corrected chi connectivity index (χ2v) is 6.37. The molecule has 1 aromatic rings. The molecule has 1 atom stereocenters. The van der Waals surface area contributed by atoms with Crippen molar-refractivity contribution in [2.75, 3.05) is 6.54 Å². The van der Waals surface area contributed by atoms with Crippen LogP contribution in [0.3, 0.4) is 0 Å². The van der Waals surface area contributed by atoms with Crippen LogP contribution < -0.4 is 11.1 Å². The first kappa shape index (κ1) is 18.1. The molecule has 7 heteroatoms. The van der Waals surface area contributed by atoms with Crippen LogP contribution in [0.4, 0.5) is 13.2 Å². The van der Waals surface area contributed by atoms with Crippen molar-refractivity contribution in [1.29, 1.82) is 0 Å². The van der Waals surface area contributed by atoms with Crippen molar-refractivity contribution < 1.29 is 18.0 Å². The van der Waals surface area contributed by atoms with Gasteiger partial charge in [0.2, 0.25) is 5.91 Å². The van der Waals surface area contributed by atoms with Crippen molar-refractivity contribution in [1.82, 2.24) is 5.32 Å². The van der Waals surface area contributed by atoms with Gasteiger partial charge in [-0.2, -0.15) is 13.2 Å². The minimum Gasteiger partial charge on any atom is -0.354 e. The summed E-state index contributed by atoms with van der Waals surface area (Å²) < 4.78 is 38.4. The fourth-order valence-corrected chi connectivity index (χ4v) is 2.84. The van der Waals surface area contributed by atoms with Crippen LogP contribution in [0.15, 0.2) is 24.3 Å². The molecule has 0 heterocycles.